The third kappa shape index (κ3) is 4.89. The van der Waals surface area contributed by atoms with Crippen molar-refractivity contribution >= 4 is 29.3 Å². The molecule has 1 heterocycles. The van der Waals surface area contributed by atoms with Crippen LogP contribution in [0.5, 0.6) is 5.75 Å². The highest BCUT2D eigenvalue weighted by molar-refractivity contribution is 6.40. The molecule has 144 valence electrons. The topological polar surface area (TPSA) is 83.8 Å². The second-order valence-electron chi connectivity index (χ2n) is 5.48. The minimum absolute atomic E-state index is 0.0150. The number of esters is 2. The van der Waals surface area contributed by atoms with Gasteiger partial charge < -0.3 is 18.8 Å². The minimum atomic E-state index is -0.990. The van der Waals surface area contributed by atoms with E-state index < -0.39 is 17.7 Å². The summed E-state index contributed by atoms with van der Waals surface area (Å²) in [6.07, 6.45) is 0. The summed E-state index contributed by atoms with van der Waals surface area (Å²) < 4.78 is 16.8. The zero-order chi connectivity index (χ0) is 20.0. The van der Waals surface area contributed by atoms with E-state index in [1.807, 2.05) is 0 Å². The molecule has 0 aliphatic carbocycles. The second-order valence-corrected chi connectivity index (χ2v) is 5.91. The molecule has 0 aliphatic heterocycles. The number of carbonyl (C=O) groups excluding carboxylic acids is 3. The third-order valence-corrected chi connectivity index (χ3v) is 3.90. The smallest absolute Gasteiger partial charge is 0.381 e. The normalized spacial score (nSPS) is 10.4. The SMILES string of the molecule is CCOC(=O)C(=O)c1cc(COc2cccc(Cl)c2)c(C(=O)OCC)n1C. The fraction of sp³-hybridized carbons (Fsp3) is 0.316. The first-order chi connectivity index (χ1) is 12.9. The van der Waals surface area contributed by atoms with Gasteiger partial charge in [-0.1, -0.05) is 17.7 Å². The molecule has 0 N–H and O–H groups in total. The van der Waals surface area contributed by atoms with Gasteiger partial charge in [0.05, 0.1) is 18.9 Å². The number of hydrogen-bond acceptors (Lipinski definition) is 6. The molecule has 1 aromatic heterocycles. The summed E-state index contributed by atoms with van der Waals surface area (Å²) in [4.78, 5) is 36.4. The van der Waals surface area contributed by atoms with Crippen LogP contribution in [-0.2, 0) is 27.9 Å². The van der Waals surface area contributed by atoms with Crippen LogP contribution in [0.3, 0.4) is 0 Å². The van der Waals surface area contributed by atoms with Crippen LogP contribution in [0.2, 0.25) is 5.02 Å². The van der Waals surface area contributed by atoms with E-state index in [-0.39, 0.29) is 31.2 Å². The molecule has 0 atom stereocenters. The van der Waals surface area contributed by atoms with E-state index in [0.29, 0.717) is 16.3 Å². The van der Waals surface area contributed by atoms with E-state index in [4.69, 9.17) is 25.8 Å². The van der Waals surface area contributed by atoms with E-state index in [1.165, 1.54) is 17.7 Å². The van der Waals surface area contributed by atoms with Crippen molar-refractivity contribution in [2.45, 2.75) is 20.5 Å². The predicted molar refractivity (Wildman–Crippen MR) is 98.1 cm³/mol. The van der Waals surface area contributed by atoms with E-state index in [9.17, 15) is 14.4 Å². The number of rotatable bonds is 8. The Hall–Kier alpha value is -2.80. The van der Waals surface area contributed by atoms with Crippen molar-refractivity contribution in [3.05, 3.63) is 52.3 Å². The summed E-state index contributed by atoms with van der Waals surface area (Å²) in [5.41, 5.74) is 0.552. The Morgan fingerprint density at radius 3 is 2.41 bits per heavy atom. The lowest BCUT2D eigenvalue weighted by Gasteiger charge is -2.09. The van der Waals surface area contributed by atoms with Gasteiger partial charge in [-0.05, 0) is 38.1 Å². The Morgan fingerprint density at radius 1 is 1.07 bits per heavy atom. The molecular formula is C19H20ClNO6. The third-order valence-electron chi connectivity index (χ3n) is 3.66. The van der Waals surface area contributed by atoms with Gasteiger partial charge in [0, 0.05) is 17.6 Å². The number of nitrogens with zero attached hydrogens (tertiary/aromatic N) is 1. The molecule has 0 aliphatic rings. The van der Waals surface area contributed by atoms with Crippen molar-refractivity contribution in [1.82, 2.24) is 4.57 Å². The molecule has 0 unspecified atom stereocenters. The average molecular weight is 394 g/mol. The number of ether oxygens (including phenoxy) is 3. The van der Waals surface area contributed by atoms with Gasteiger partial charge >= 0.3 is 11.9 Å². The van der Waals surface area contributed by atoms with Crippen LogP contribution in [0.4, 0.5) is 0 Å². The molecule has 2 rings (SSSR count). The van der Waals surface area contributed by atoms with Crippen molar-refractivity contribution in [3.63, 3.8) is 0 Å². The van der Waals surface area contributed by atoms with Gasteiger partial charge in [-0.2, -0.15) is 0 Å². The maximum absolute atomic E-state index is 12.3. The first kappa shape index (κ1) is 20.5. The zero-order valence-electron chi connectivity index (χ0n) is 15.3. The molecule has 7 nitrogen and oxygen atoms in total. The van der Waals surface area contributed by atoms with E-state index in [1.54, 1.807) is 38.1 Å². The highest BCUT2D eigenvalue weighted by Gasteiger charge is 2.28. The molecular weight excluding hydrogens is 374 g/mol. The highest BCUT2D eigenvalue weighted by atomic mass is 35.5. The molecule has 1 aromatic carbocycles. The van der Waals surface area contributed by atoms with E-state index >= 15 is 0 Å². The van der Waals surface area contributed by atoms with Crippen LogP contribution < -0.4 is 4.74 Å². The average Bonchev–Trinajstić information content (AvgIpc) is 2.96. The minimum Gasteiger partial charge on any atom is -0.489 e. The largest absolute Gasteiger partial charge is 0.489 e. The molecule has 27 heavy (non-hydrogen) atoms. The Bertz CT molecular complexity index is 858. The van der Waals surface area contributed by atoms with Crippen LogP contribution in [-0.4, -0.2) is 35.5 Å². The van der Waals surface area contributed by atoms with Gasteiger partial charge in [0.25, 0.3) is 5.78 Å². The van der Waals surface area contributed by atoms with Crippen molar-refractivity contribution in [2.24, 2.45) is 7.05 Å². The number of halogens is 1. The van der Waals surface area contributed by atoms with Gasteiger partial charge in [0.15, 0.2) is 0 Å². The van der Waals surface area contributed by atoms with Gasteiger partial charge in [0.2, 0.25) is 0 Å². The van der Waals surface area contributed by atoms with Crippen LogP contribution in [0, 0.1) is 0 Å². The summed E-state index contributed by atoms with van der Waals surface area (Å²) in [6.45, 7) is 3.50. The van der Waals surface area contributed by atoms with Gasteiger partial charge in [-0.3, -0.25) is 4.79 Å². The Balaban J connectivity index is 2.35. The number of ketones is 1. The van der Waals surface area contributed by atoms with Crippen molar-refractivity contribution < 1.29 is 28.6 Å². The molecule has 0 saturated heterocycles. The monoisotopic (exact) mass is 393 g/mol. The molecule has 0 spiro atoms. The van der Waals surface area contributed by atoms with Crippen LogP contribution in [0.1, 0.15) is 40.4 Å². The van der Waals surface area contributed by atoms with Crippen molar-refractivity contribution in [3.8, 4) is 5.75 Å². The van der Waals surface area contributed by atoms with Gasteiger partial charge in [0.1, 0.15) is 18.1 Å². The number of hydrogen-bond donors (Lipinski definition) is 0. The number of benzene rings is 1. The first-order valence-electron chi connectivity index (χ1n) is 8.34. The van der Waals surface area contributed by atoms with Crippen molar-refractivity contribution in [1.29, 1.82) is 0 Å². The maximum Gasteiger partial charge on any atom is 0.381 e. The molecule has 0 saturated carbocycles. The number of aromatic nitrogens is 1. The van der Waals surface area contributed by atoms with Gasteiger partial charge in [-0.15, -0.1) is 0 Å². The predicted octanol–water partition coefficient (Wildman–Crippen LogP) is 3.18. The van der Waals surface area contributed by atoms with E-state index in [2.05, 4.69) is 0 Å². The number of carbonyl (C=O) groups is 3. The fourth-order valence-electron chi connectivity index (χ4n) is 2.48. The summed E-state index contributed by atoms with van der Waals surface area (Å²) >= 11 is 5.93. The summed E-state index contributed by atoms with van der Waals surface area (Å²) in [5.74, 6) is -1.96. The molecule has 0 radical (unpaired) electrons. The van der Waals surface area contributed by atoms with E-state index in [0.717, 1.165) is 0 Å². The lowest BCUT2D eigenvalue weighted by Crippen LogP contribution is -2.21. The molecule has 0 fully saturated rings. The first-order valence-corrected chi connectivity index (χ1v) is 8.72. The summed E-state index contributed by atoms with van der Waals surface area (Å²) in [6, 6.07) is 8.19. The standard InChI is InChI=1S/C19H20ClNO6/c1-4-25-18(23)16-12(11-27-14-8-6-7-13(20)10-14)9-15(21(16)3)17(22)19(24)26-5-2/h6-10H,4-5,11H2,1-3H3. The molecule has 0 amide bonds. The lowest BCUT2D eigenvalue weighted by molar-refractivity contribution is -0.137. The van der Waals surface area contributed by atoms with Crippen molar-refractivity contribution in [2.75, 3.05) is 13.2 Å². The van der Waals surface area contributed by atoms with Crippen LogP contribution in [0.15, 0.2) is 30.3 Å². The molecule has 2 aromatic rings. The molecule has 8 heteroatoms. The summed E-state index contributed by atoms with van der Waals surface area (Å²) in [5, 5.41) is 0.504. The van der Waals surface area contributed by atoms with Crippen LogP contribution >= 0.6 is 11.6 Å². The fourth-order valence-corrected chi connectivity index (χ4v) is 2.66. The van der Waals surface area contributed by atoms with Gasteiger partial charge in [-0.25, -0.2) is 9.59 Å². The Kier molecular flexibility index (Phi) is 7.01. The highest BCUT2D eigenvalue weighted by Crippen LogP contribution is 2.22. The maximum atomic E-state index is 12.3. The summed E-state index contributed by atoms with van der Waals surface area (Å²) in [7, 11) is 1.50. The Morgan fingerprint density at radius 2 is 1.78 bits per heavy atom. The zero-order valence-corrected chi connectivity index (χ0v) is 16.0. The van der Waals surface area contributed by atoms with Crippen LogP contribution in [0.25, 0.3) is 0 Å². The lowest BCUT2D eigenvalue weighted by atomic mass is 10.2. The number of Topliss-reactive ketones (excluding diaryl/α,β-unsaturated/α-hetero) is 1. The Labute approximate surface area is 161 Å². The molecule has 0 bridgehead atoms. The second kappa shape index (κ2) is 9.23. The quantitative estimate of drug-likeness (QED) is 0.389.